The standard InChI is InChI=1S/C16H19N3O2/c1-11-3-4-12(2)14(7-11)21-10-16(20)19-15-8-13(9-17)5-6-18-15/h3-8H,9-10,17H2,1-2H3,(H,18,19,20). The number of pyridine rings is 1. The second-order valence-corrected chi connectivity index (χ2v) is 4.86. The van der Waals surface area contributed by atoms with Gasteiger partial charge in [0.15, 0.2) is 6.61 Å². The van der Waals surface area contributed by atoms with Crippen molar-refractivity contribution in [1.29, 1.82) is 0 Å². The lowest BCUT2D eigenvalue weighted by molar-refractivity contribution is -0.118. The monoisotopic (exact) mass is 285 g/mol. The lowest BCUT2D eigenvalue weighted by Gasteiger charge is -2.10. The third kappa shape index (κ3) is 4.29. The summed E-state index contributed by atoms with van der Waals surface area (Å²) in [6.07, 6.45) is 1.61. The van der Waals surface area contributed by atoms with E-state index in [-0.39, 0.29) is 12.5 Å². The highest BCUT2D eigenvalue weighted by Gasteiger charge is 2.07. The molecule has 5 heteroatoms. The molecule has 2 aromatic rings. The Hall–Kier alpha value is -2.40. The maximum Gasteiger partial charge on any atom is 0.263 e. The molecule has 0 fully saturated rings. The summed E-state index contributed by atoms with van der Waals surface area (Å²) in [4.78, 5) is 15.9. The quantitative estimate of drug-likeness (QED) is 0.882. The first-order valence-corrected chi connectivity index (χ1v) is 6.73. The fourth-order valence-corrected chi connectivity index (χ4v) is 1.85. The zero-order valence-corrected chi connectivity index (χ0v) is 12.2. The summed E-state index contributed by atoms with van der Waals surface area (Å²) >= 11 is 0. The number of hydrogen-bond donors (Lipinski definition) is 2. The van der Waals surface area contributed by atoms with E-state index in [2.05, 4.69) is 10.3 Å². The molecule has 0 spiro atoms. The first-order valence-electron chi connectivity index (χ1n) is 6.73. The highest BCUT2D eigenvalue weighted by molar-refractivity contribution is 5.91. The molecule has 1 aromatic heterocycles. The molecule has 1 heterocycles. The topological polar surface area (TPSA) is 77.2 Å². The third-order valence-electron chi connectivity index (χ3n) is 3.03. The molecular formula is C16H19N3O2. The molecule has 2 rings (SSSR count). The van der Waals surface area contributed by atoms with Crippen molar-refractivity contribution < 1.29 is 9.53 Å². The first kappa shape index (κ1) is 15.0. The van der Waals surface area contributed by atoms with Gasteiger partial charge in [0, 0.05) is 12.7 Å². The van der Waals surface area contributed by atoms with Crippen LogP contribution in [0, 0.1) is 13.8 Å². The van der Waals surface area contributed by atoms with E-state index in [1.54, 1.807) is 12.3 Å². The predicted octanol–water partition coefficient (Wildman–Crippen LogP) is 2.17. The van der Waals surface area contributed by atoms with E-state index in [0.29, 0.717) is 18.1 Å². The lowest BCUT2D eigenvalue weighted by Crippen LogP contribution is -2.21. The minimum absolute atomic E-state index is 0.0567. The second kappa shape index (κ2) is 6.85. The summed E-state index contributed by atoms with van der Waals surface area (Å²) < 4.78 is 5.54. The van der Waals surface area contributed by atoms with Crippen LogP contribution in [0.2, 0.25) is 0 Å². The smallest absolute Gasteiger partial charge is 0.263 e. The van der Waals surface area contributed by atoms with Crippen LogP contribution < -0.4 is 15.8 Å². The third-order valence-corrected chi connectivity index (χ3v) is 3.03. The van der Waals surface area contributed by atoms with Crippen molar-refractivity contribution >= 4 is 11.7 Å². The molecule has 21 heavy (non-hydrogen) atoms. The van der Waals surface area contributed by atoms with Crippen LogP contribution in [0.15, 0.2) is 36.5 Å². The fraction of sp³-hybridized carbons (Fsp3) is 0.250. The Morgan fingerprint density at radius 3 is 2.86 bits per heavy atom. The van der Waals surface area contributed by atoms with Gasteiger partial charge in [-0.3, -0.25) is 4.79 Å². The number of benzene rings is 1. The normalized spacial score (nSPS) is 10.2. The first-order chi connectivity index (χ1) is 10.1. The van der Waals surface area contributed by atoms with Gasteiger partial charge in [-0.1, -0.05) is 12.1 Å². The number of aryl methyl sites for hydroxylation is 2. The van der Waals surface area contributed by atoms with Crippen molar-refractivity contribution in [3.8, 4) is 5.75 Å². The predicted molar refractivity (Wildman–Crippen MR) is 82.2 cm³/mol. The Morgan fingerprint density at radius 1 is 1.29 bits per heavy atom. The maximum absolute atomic E-state index is 11.9. The molecule has 0 aliphatic rings. The van der Waals surface area contributed by atoms with Gasteiger partial charge in [-0.15, -0.1) is 0 Å². The molecule has 3 N–H and O–H groups in total. The van der Waals surface area contributed by atoms with Crippen LogP contribution in [0.4, 0.5) is 5.82 Å². The van der Waals surface area contributed by atoms with Gasteiger partial charge in [-0.05, 0) is 48.7 Å². The Bertz CT molecular complexity index is 641. The number of amides is 1. The van der Waals surface area contributed by atoms with Crippen molar-refractivity contribution in [2.45, 2.75) is 20.4 Å². The number of ether oxygens (including phenoxy) is 1. The highest BCUT2D eigenvalue weighted by Crippen LogP contribution is 2.19. The summed E-state index contributed by atoms with van der Waals surface area (Å²) in [7, 11) is 0. The number of aromatic nitrogens is 1. The summed E-state index contributed by atoms with van der Waals surface area (Å²) in [5.41, 5.74) is 8.55. The van der Waals surface area contributed by atoms with Gasteiger partial charge in [0.2, 0.25) is 0 Å². The largest absolute Gasteiger partial charge is 0.483 e. The number of nitrogens with zero attached hydrogens (tertiary/aromatic N) is 1. The Labute approximate surface area is 124 Å². The van der Waals surface area contributed by atoms with Crippen LogP contribution in [-0.4, -0.2) is 17.5 Å². The average molecular weight is 285 g/mol. The van der Waals surface area contributed by atoms with E-state index in [1.807, 2.05) is 38.1 Å². The lowest BCUT2D eigenvalue weighted by atomic mass is 10.1. The van der Waals surface area contributed by atoms with Crippen LogP contribution in [-0.2, 0) is 11.3 Å². The van der Waals surface area contributed by atoms with Gasteiger partial charge in [0.25, 0.3) is 5.91 Å². The number of nitrogens with one attached hydrogen (secondary N) is 1. The average Bonchev–Trinajstić information content (AvgIpc) is 2.48. The fourth-order valence-electron chi connectivity index (χ4n) is 1.85. The maximum atomic E-state index is 11.9. The number of anilines is 1. The summed E-state index contributed by atoms with van der Waals surface area (Å²) in [6, 6.07) is 9.44. The van der Waals surface area contributed by atoms with Gasteiger partial charge in [0.1, 0.15) is 11.6 Å². The zero-order chi connectivity index (χ0) is 15.2. The van der Waals surface area contributed by atoms with E-state index >= 15 is 0 Å². The van der Waals surface area contributed by atoms with Gasteiger partial charge in [-0.25, -0.2) is 4.98 Å². The van der Waals surface area contributed by atoms with E-state index in [9.17, 15) is 4.79 Å². The van der Waals surface area contributed by atoms with Crippen molar-refractivity contribution in [2.75, 3.05) is 11.9 Å². The van der Waals surface area contributed by atoms with E-state index in [0.717, 1.165) is 16.7 Å². The van der Waals surface area contributed by atoms with Crippen LogP contribution in [0.3, 0.4) is 0 Å². The minimum Gasteiger partial charge on any atom is -0.483 e. The van der Waals surface area contributed by atoms with Gasteiger partial charge in [-0.2, -0.15) is 0 Å². The van der Waals surface area contributed by atoms with Crippen molar-refractivity contribution in [3.63, 3.8) is 0 Å². The van der Waals surface area contributed by atoms with Gasteiger partial charge < -0.3 is 15.8 Å². The van der Waals surface area contributed by atoms with E-state index in [1.165, 1.54) is 0 Å². The number of carbonyl (C=O) groups is 1. The number of carbonyl (C=O) groups excluding carboxylic acids is 1. The summed E-state index contributed by atoms with van der Waals surface area (Å²) in [5, 5.41) is 2.69. The Morgan fingerprint density at radius 2 is 2.10 bits per heavy atom. The van der Waals surface area contributed by atoms with Crippen molar-refractivity contribution in [2.24, 2.45) is 5.73 Å². The summed E-state index contributed by atoms with van der Waals surface area (Å²) in [5.74, 6) is 0.943. The Balaban J connectivity index is 1.94. The van der Waals surface area contributed by atoms with Crippen molar-refractivity contribution in [1.82, 2.24) is 4.98 Å². The SMILES string of the molecule is Cc1ccc(C)c(OCC(=O)Nc2cc(CN)ccn2)c1. The summed E-state index contributed by atoms with van der Waals surface area (Å²) in [6.45, 7) is 4.27. The Kier molecular flexibility index (Phi) is 4.90. The second-order valence-electron chi connectivity index (χ2n) is 4.86. The van der Waals surface area contributed by atoms with E-state index < -0.39 is 0 Å². The van der Waals surface area contributed by atoms with Crippen LogP contribution in [0.1, 0.15) is 16.7 Å². The molecule has 0 saturated heterocycles. The molecule has 1 amide bonds. The van der Waals surface area contributed by atoms with Crippen LogP contribution in [0.5, 0.6) is 5.75 Å². The number of rotatable bonds is 5. The molecule has 0 radical (unpaired) electrons. The number of nitrogens with two attached hydrogens (primary N) is 1. The van der Waals surface area contributed by atoms with Gasteiger partial charge >= 0.3 is 0 Å². The van der Waals surface area contributed by atoms with Crippen LogP contribution >= 0.6 is 0 Å². The molecule has 0 bridgehead atoms. The highest BCUT2D eigenvalue weighted by atomic mass is 16.5. The zero-order valence-electron chi connectivity index (χ0n) is 12.2. The molecule has 0 aliphatic heterocycles. The van der Waals surface area contributed by atoms with Crippen LogP contribution in [0.25, 0.3) is 0 Å². The molecular weight excluding hydrogens is 266 g/mol. The number of hydrogen-bond acceptors (Lipinski definition) is 4. The molecule has 5 nitrogen and oxygen atoms in total. The molecule has 0 atom stereocenters. The molecule has 110 valence electrons. The molecule has 0 unspecified atom stereocenters. The molecule has 0 saturated carbocycles. The van der Waals surface area contributed by atoms with Gasteiger partial charge in [0.05, 0.1) is 0 Å². The minimum atomic E-state index is -0.252. The van der Waals surface area contributed by atoms with E-state index in [4.69, 9.17) is 10.5 Å². The van der Waals surface area contributed by atoms with Crippen molar-refractivity contribution in [3.05, 3.63) is 53.2 Å². The molecule has 1 aromatic carbocycles. The molecule has 0 aliphatic carbocycles.